The summed E-state index contributed by atoms with van der Waals surface area (Å²) >= 11 is 7.42. The van der Waals surface area contributed by atoms with Crippen molar-refractivity contribution in [3.63, 3.8) is 0 Å². The third-order valence-electron chi connectivity index (χ3n) is 3.61. The maximum atomic E-state index is 10.1. The van der Waals surface area contributed by atoms with E-state index in [-0.39, 0.29) is 5.75 Å². The summed E-state index contributed by atoms with van der Waals surface area (Å²) in [5, 5.41) is 19.3. The third-order valence-corrected chi connectivity index (χ3v) is 4.92. The molecule has 23 heavy (non-hydrogen) atoms. The highest BCUT2D eigenvalue weighted by Crippen LogP contribution is 2.36. The van der Waals surface area contributed by atoms with Gasteiger partial charge in [-0.1, -0.05) is 31.0 Å². The molecule has 3 aromatic rings. The molecule has 0 aliphatic heterocycles. The SMILES string of the molecule is CCCC(=N)Cc1ccc2sc(-c3ccc(Cl)cc3O)nc2c1. The summed E-state index contributed by atoms with van der Waals surface area (Å²) in [6.07, 6.45) is 2.50. The van der Waals surface area contributed by atoms with Crippen LogP contribution in [0.2, 0.25) is 5.02 Å². The van der Waals surface area contributed by atoms with Gasteiger partial charge in [0, 0.05) is 17.2 Å². The van der Waals surface area contributed by atoms with Gasteiger partial charge in [0.25, 0.3) is 0 Å². The molecule has 3 nitrogen and oxygen atoms in total. The highest BCUT2D eigenvalue weighted by Gasteiger charge is 2.11. The number of fused-ring (bicyclic) bond motifs is 1. The first kappa shape index (κ1) is 16.0. The van der Waals surface area contributed by atoms with Crippen LogP contribution in [-0.4, -0.2) is 15.8 Å². The number of nitrogens with one attached hydrogen (secondary N) is 1. The number of nitrogens with zero attached hydrogens (tertiary/aromatic N) is 1. The van der Waals surface area contributed by atoms with Crippen molar-refractivity contribution in [2.45, 2.75) is 26.2 Å². The third kappa shape index (κ3) is 3.54. The molecule has 1 aromatic heterocycles. The van der Waals surface area contributed by atoms with Crippen molar-refractivity contribution < 1.29 is 5.11 Å². The van der Waals surface area contributed by atoms with E-state index in [2.05, 4.69) is 18.0 Å². The zero-order chi connectivity index (χ0) is 16.4. The quantitative estimate of drug-likeness (QED) is 0.584. The molecule has 0 amide bonds. The Morgan fingerprint density at radius 2 is 2.09 bits per heavy atom. The minimum atomic E-state index is 0.140. The van der Waals surface area contributed by atoms with Gasteiger partial charge in [-0.2, -0.15) is 0 Å². The number of rotatable bonds is 5. The van der Waals surface area contributed by atoms with Gasteiger partial charge >= 0.3 is 0 Å². The zero-order valence-electron chi connectivity index (χ0n) is 12.8. The number of aromatic nitrogens is 1. The normalized spacial score (nSPS) is 11.0. The fourth-order valence-electron chi connectivity index (χ4n) is 2.52. The smallest absolute Gasteiger partial charge is 0.128 e. The van der Waals surface area contributed by atoms with E-state index in [9.17, 15) is 5.11 Å². The number of phenols is 1. The minimum absolute atomic E-state index is 0.140. The van der Waals surface area contributed by atoms with Gasteiger partial charge in [-0.25, -0.2) is 4.98 Å². The molecule has 5 heteroatoms. The average Bonchev–Trinajstić information content (AvgIpc) is 2.90. The number of phenolic OH excluding ortho intramolecular Hbond substituents is 1. The van der Waals surface area contributed by atoms with Crippen LogP contribution in [0.15, 0.2) is 36.4 Å². The van der Waals surface area contributed by atoms with Crippen molar-refractivity contribution in [2.24, 2.45) is 0 Å². The molecule has 1 heterocycles. The van der Waals surface area contributed by atoms with Gasteiger partial charge in [0.2, 0.25) is 0 Å². The van der Waals surface area contributed by atoms with Crippen LogP contribution in [0.4, 0.5) is 0 Å². The summed E-state index contributed by atoms with van der Waals surface area (Å²) in [6, 6.07) is 11.2. The van der Waals surface area contributed by atoms with Gasteiger partial charge in [-0.05, 0) is 42.3 Å². The molecule has 0 aliphatic carbocycles. The molecule has 0 saturated carbocycles. The summed E-state index contributed by atoms with van der Waals surface area (Å²) in [5.41, 5.74) is 3.45. The van der Waals surface area contributed by atoms with E-state index in [0.29, 0.717) is 17.0 Å². The number of benzene rings is 2. The van der Waals surface area contributed by atoms with Crippen LogP contribution in [-0.2, 0) is 6.42 Å². The topological polar surface area (TPSA) is 57.0 Å². The summed E-state index contributed by atoms with van der Waals surface area (Å²) < 4.78 is 1.07. The van der Waals surface area contributed by atoms with Crippen molar-refractivity contribution in [3.8, 4) is 16.3 Å². The number of halogens is 1. The van der Waals surface area contributed by atoms with Crippen LogP contribution in [0.5, 0.6) is 5.75 Å². The lowest BCUT2D eigenvalue weighted by Gasteiger charge is -2.02. The van der Waals surface area contributed by atoms with E-state index in [1.807, 2.05) is 12.1 Å². The Kier molecular flexibility index (Phi) is 4.64. The Balaban J connectivity index is 1.94. The first-order valence-electron chi connectivity index (χ1n) is 7.51. The van der Waals surface area contributed by atoms with Crippen LogP contribution in [0, 0.1) is 5.41 Å². The molecule has 0 bridgehead atoms. The predicted octanol–water partition coefficient (Wildman–Crippen LogP) is 5.68. The van der Waals surface area contributed by atoms with Crippen LogP contribution in [0.25, 0.3) is 20.8 Å². The van der Waals surface area contributed by atoms with E-state index in [0.717, 1.165) is 39.3 Å². The Hall–Kier alpha value is -1.91. The van der Waals surface area contributed by atoms with Gasteiger partial charge < -0.3 is 10.5 Å². The van der Waals surface area contributed by atoms with Gasteiger partial charge in [0.15, 0.2) is 0 Å². The van der Waals surface area contributed by atoms with Crippen LogP contribution < -0.4 is 0 Å². The van der Waals surface area contributed by atoms with Crippen LogP contribution in [0.1, 0.15) is 25.3 Å². The predicted molar refractivity (Wildman–Crippen MR) is 98.1 cm³/mol. The lowest BCUT2D eigenvalue weighted by molar-refractivity contribution is 0.477. The summed E-state index contributed by atoms with van der Waals surface area (Å²) in [4.78, 5) is 4.63. The molecule has 0 saturated heterocycles. The molecule has 0 aliphatic rings. The Labute approximate surface area is 144 Å². The van der Waals surface area contributed by atoms with Gasteiger partial charge in [-0.15, -0.1) is 11.3 Å². The second kappa shape index (κ2) is 6.69. The molecule has 0 spiro atoms. The van der Waals surface area contributed by atoms with Crippen molar-refractivity contribution in [1.82, 2.24) is 4.98 Å². The zero-order valence-corrected chi connectivity index (χ0v) is 14.3. The maximum absolute atomic E-state index is 10.1. The highest BCUT2D eigenvalue weighted by atomic mass is 35.5. The maximum Gasteiger partial charge on any atom is 0.128 e. The molecule has 3 rings (SSSR count). The fourth-order valence-corrected chi connectivity index (χ4v) is 3.67. The van der Waals surface area contributed by atoms with E-state index in [1.54, 1.807) is 23.5 Å². The number of hydrogen-bond acceptors (Lipinski definition) is 4. The van der Waals surface area contributed by atoms with Crippen LogP contribution in [0.3, 0.4) is 0 Å². The van der Waals surface area contributed by atoms with Crippen molar-refractivity contribution in [1.29, 1.82) is 5.41 Å². The van der Waals surface area contributed by atoms with Gasteiger partial charge in [0.05, 0.1) is 15.8 Å². The standard InChI is InChI=1S/C18H17ClN2OS/c1-2-3-13(20)8-11-4-7-17-15(9-11)21-18(23-17)14-6-5-12(19)10-16(14)22/h4-7,9-10,20,22H,2-3,8H2,1H3. The van der Waals surface area contributed by atoms with Crippen molar-refractivity contribution in [2.75, 3.05) is 0 Å². The number of thiazole rings is 1. The van der Waals surface area contributed by atoms with Crippen LogP contribution >= 0.6 is 22.9 Å². The summed E-state index contributed by atoms with van der Waals surface area (Å²) in [6.45, 7) is 2.09. The second-order valence-electron chi connectivity index (χ2n) is 5.51. The summed E-state index contributed by atoms with van der Waals surface area (Å²) in [5.74, 6) is 0.140. The number of hydrogen-bond donors (Lipinski definition) is 2. The van der Waals surface area contributed by atoms with Crippen molar-refractivity contribution in [3.05, 3.63) is 47.0 Å². The Morgan fingerprint density at radius 1 is 1.26 bits per heavy atom. The molecule has 118 valence electrons. The molecular formula is C18H17ClN2OS. The van der Waals surface area contributed by atoms with E-state index >= 15 is 0 Å². The first-order chi connectivity index (χ1) is 11.1. The molecule has 0 atom stereocenters. The lowest BCUT2D eigenvalue weighted by Crippen LogP contribution is -2.00. The Bertz CT molecular complexity index is 873. The highest BCUT2D eigenvalue weighted by molar-refractivity contribution is 7.21. The van der Waals surface area contributed by atoms with E-state index in [1.165, 1.54) is 6.07 Å². The van der Waals surface area contributed by atoms with Gasteiger partial charge in [-0.3, -0.25) is 0 Å². The van der Waals surface area contributed by atoms with E-state index < -0.39 is 0 Å². The second-order valence-corrected chi connectivity index (χ2v) is 6.98. The molecule has 2 N–H and O–H groups in total. The summed E-state index contributed by atoms with van der Waals surface area (Å²) in [7, 11) is 0. The fraction of sp³-hybridized carbons (Fsp3) is 0.222. The average molecular weight is 345 g/mol. The number of aromatic hydroxyl groups is 1. The van der Waals surface area contributed by atoms with Gasteiger partial charge in [0.1, 0.15) is 10.8 Å². The molecule has 2 aromatic carbocycles. The molecule has 0 radical (unpaired) electrons. The monoisotopic (exact) mass is 344 g/mol. The lowest BCUT2D eigenvalue weighted by atomic mass is 10.1. The van der Waals surface area contributed by atoms with E-state index in [4.69, 9.17) is 17.0 Å². The molecular weight excluding hydrogens is 328 g/mol. The largest absolute Gasteiger partial charge is 0.507 e. The Morgan fingerprint density at radius 3 is 2.83 bits per heavy atom. The molecule has 0 unspecified atom stereocenters. The minimum Gasteiger partial charge on any atom is -0.507 e. The molecule has 0 fully saturated rings. The first-order valence-corrected chi connectivity index (χ1v) is 8.71. The van der Waals surface area contributed by atoms with Crippen molar-refractivity contribution >= 4 is 38.9 Å².